The predicted molar refractivity (Wildman–Crippen MR) is 96.9 cm³/mol. The normalized spacial score (nSPS) is 12.8. The molecular weight excluding hydrogens is 396 g/mol. The predicted octanol–water partition coefficient (Wildman–Crippen LogP) is 6.61. The Morgan fingerprint density at radius 2 is 1.48 bits per heavy atom. The fourth-order valence-corrected chi connectivity index (χ4v) is 3.53. The summed E-state index contributed by atoms with van der Waals surface area (Å²) in [6.45, 7) is 1.60. The number of aryl methyl sites for hydroxylation is 1. The fraction of sp³-hybridized carbons (Fsp3) is 0.143. The Bertz CT molecular complexity index is 1300. The van der Waals surface area contributed by atoms with Crippen LogP contribution in [0, 0.1) is 6.92 Å². The summed E-state index contributed by atoms with van der Waals surface area (Å²) in [5.41, 5.74) is -1.45. The first-order valence-corrected chi connectivity index (χ1v) is 8.43. The molecule has 0 fully saturated rings. The Morgan fingerprint density at radius 3 is 2.10 bits per heavy atom. The number of benzene rings is 3. The number of ketones is 1. The van der Waals surface area contributed by atoms with Crippen molar-refractivity contribution in [3.63, 3.8) is 0 Å². The molecule has 0 atom stereocenters. The van der Waals surface area contributed by atoms with E-state index in [1.165, 1.54) is 36.4 Å². The van der Waals surface area contributed by atoms with Crippen LogP contribution < -0.4 is 0 Å². The maximum Gasteiger partial charge on any atom is 0.454 e. The fourth-order valence-electron chi connectivity index (χ4n) is 3.53. The van der Waals surface area contributed by atoms with Crippen molar-refractivity contribution in [3.8, 4) is 0 Å². The molecule has 0 amide bonds. The molecule has 0 aliphatic heterocycles. The van der Waals surface area contributed by atoms with Gasteiger partial charge in [0.15, 0.2) is 0 Å². The number of nitrogens with zero attached hydrogens (tertiary/aromatic N) is 1. The number of hydrogen-bond acceptors (Lipinski definition) is 2. The zero-order valence-corrected chi connectivity index (χ0v) is 14.7. The van der Waals surface area contributed by atoms with Crippen LogP contribution in [-0.2, 0) is 6.18 Å². The minimum absolute atomic E-state index is 0.0468. The summed E-state index contributed by atoms with van der Waals surface area (Å²) < 4.78 is 81.4. The Labute approximate surface area is 159 Å². The van der Waals surface area contributed by atoms with Gasteiger partial charge < -0.3 is 0 Å². The van der Waals surface area contributed by atoms with Crippen molar-refractivity contribution in [1.82, 2.24) is 4.98 Å². The Balaban J connectivity index is 2.29. The zero-order valence-electron chi connectivity index (χ0n) is 14.7. The van der Waals surface area contributed by atoms with E-state index in [0.29, 0.717) is 11.6 Å². The molecular formula is C21H11F6NO. The first-order chi connectivity index (χ1) is 13.5. The van der Waals surface area contributed by atoms with Gasteiger partial charge in [0.2, 0.25) is 0 Å². The summed E-state index contributed by atoms with van der Waals surface area (Å²) in [7, 11) is 0. The maximum absolute atomic E-state index is 14.0. The average Bonchev–Trinajstić information content (AvgIpc) is 2.63. The smallest absolute Gasteiger partial charge is 0.284 e. The van der Waals surface area contributed by atoms with Crippen LogP contribution >= 0.6 is 0 Å². The number of pyridine rings is 1. The van der Waals surface area contributed by atoms with Crippen molar-refractivity contribution in [2.24, 2.45) is 0 Å². The van der Waals surface area contributed by atoms with Crippen LogP contribution in [0.4, 0.5) is 26.3 Å². The van der Waals surface area contributed by atoms with Gasteiger partial charge in [-0.05, 0) is 30.5 Å². The van der Waals surface area contributed by atoms with Gasteiger partial charge in [-0.1, -0.05) is 35.9 Å². The summed E-state index contributed by atoms with van der Waals surface area (Å²) in [5, 5.41) is -0.826. The molecule has 0 saturated heterocycles. The number of rotatable bonds is 1. The van der Waals surface area contributed by atoms with Crippen molar-refractivity contribution >= 4 is 38.4 Å². The highest BCUT2D eigenvalue weighted by atomic mass is 19.4. The lowest BCUT2D eigenvalue weighted by Gasteiger charge is -2.17. The number of fused-ring (bicyclic) bond motifs is 4. The molecule has 29 heavy (non-hydrogen) atoms. The van der Waals surface area contributed by atoms with Crippen LogP contribution in [0.3, 0.4) is 0 Å². The van der Waals surface area contributed by atoms with E-state index in [-0.39, 0.29) is 27.2 Å². The van der Waals surface area contributed by atoms with Gasteiger partial charge in [-0.25, -0.2) is 4.98 Å². The molecule has 0 aliphatic rings. The summed E-state index contributed by atoms with van der Waals surface area (Å²) in [6.07, 6.45) is -10.1. The van der Waals surface area contributed by atoms with E-state index < -0.39 is 34.6 Å². The molecule has 8 heteroatoms. The Kier molecular flexibility index (Phi) is 4.08. The van der Waals surface area contributed by atoms with Crippen molar-refractivity contribution in [2.45, 2.75) is 19.3 Å². The minimum atomic E-state index is -5.23. The van der Waals surface area contributed by atoms with Gasteiger partial charge in [0, 0.05) is 21.7 Å². The lowest BCUT2D eigenvalue weighted by Crippen LogP contribution is -2.23. The second-order valence-electron chi connectivity index (χ2n) is 6.70. The van der Waals surface area contributed by atoms with Gasteiger partial charge in [0.25, 0.3) is 5.78 Å². The minimum Gasteiger partial charge on any atom is -0.284 e. The molecule has 0 radical (unpaired) electrons. The Hall–Kier alpha value is -3.16. The van der Waals surface area contributed by atoms with Crippen LogP contribution in [0.1, 0.15) is 21.5 Å². The third-order valence-corrected chi connectivity index (χ3v) is 4.72. The molecule has 148 valence electrons. The Morgan fingerprint density at radius 1 is 0.828 bits per heavy atom. The number of halogens is 6. The first kappa shape index (κ1) is 19.2. The maximum atomic E-state index is 14.0. The lowest BCUT2D eigenvalue weighted by molar-refractivity contribution is -0.135. The van der Waals surface area contributed by atoms with Crippen molar-refractivity contribution in [3.05, 3.63) is 65.2 Å². The topological polar surface area (TPSA) is 30.0 Å². The van der Waals surface area contributed by atoms with Crippen molar-refractivity contribution in [1.29, 1.82) is 0 Å². The highest BCUT2D eigenvalue weighted by Gasteiger charge is 2.41. The standard InChI is InChI=1S/C21H11F6NO/c1-10-6-7-16-14(8-10)17(20(22,23)24)15-9-13(19(29)21(25,26)27)11-4-2-3-5-12(11)18(15)28-16/h2-9H,1H3. The van der Waals surface area contributed by atoms with Crippen LogP contribution in [0.25, 0.3) is 32.6 Å². The molecule has 2 nitrogen and oxygen atoms in total. The van der Waals surface area contributed by atoms with E-state index in [1.54, 1.807) is 13.0 Å². The zero-order chi connectivity index (χ0) is 21.1. The van der Waals surface area contributed by atoms with E-state index in [0.717, 1.165) is 0 Å². The molecule has 1 aromatic heterocycles. The average molecular weight is 407 g/mol. The molecule has 0 saturated carbocycles. The van der Waals surface area contributed by atoms with Crippen LogP contribution in [0.5, 0.6) is 0 Å². The monoisotopic (exact) mass is 407 g/mol. The van der Waals surface area contributed by atoms with E-state index in [1.807, 2.05) is 0 Å². The molecule has 0 spiro atoms. The van der Waals surface area contributed by atoms with Crippen molar-refractivity contribution in [2.75, 3.05) is 0 Å². The largest absolute Gasteiger partial charge is 0.454 e. The molecule has 1 heterocycles. The third-order valence-electron chi connectivity index (χ3n) is 4.72. The molecule has 0 aliphatic carbocycles. The highest BCUT2D eigenvalue weighted by molar-refractivity contribution is 6.20. The second kappa shape index (κ2) is 6.17. The first-order valence-electron chi connectivity index (χ1n) is 8.43. The van der Waals surface area contributed by atoms with Gasteiger partial charge in [0.1, 0.15) is 0 Å². The number of carbonyl (C=O) groups excluding carboxylic acids is 1. The number of carbonyl (C=O) groups is 1. The molecule has 0 bridgehead atoms. The van der Waals surface area contributed by atoms with E-state index in [2.05, 4.69) is 4.98 Å². The molecule has 4 aromatic rings. The van der Waals surface area contributed by atoms with Gasteiger partial charge in [-0.15, -0.1) is 0 Å². The molecule has 3 aromatic carbocycles. The van der Waals surface area contributed by atoms with Crippen LogP contribution in [0.15, 0.2) is 48.5 Å². The number of hydrogen-bond donors (Lipinski definition) is 0. The van der Waals surface area contributed by atoms with Crippen LogP contribution in [-0.4, -0.2) is 16.9 Å². The molecule has 4 rings (SSSR count). The van der Waals surface area contributed by atoms with E-state index in [4.69, 9.17) is 0 Å². The van der Waals surface area contributed by atoms with Gasteiger partial charge in [-0.3, -0.25) is 4.79 Å². The quantitative estimate of drug-likeness (QED) is 0.154. The second-order valence-corrected chi connectivity index (χ2v) is 6.70. The SMILES string of the molecule is Cc1ccc2nc3c(cc(C(=O)C(F)(F)F)c4ccccc43)c(C(F)(F)F)c2c1. The van der Waals surface area contributed by atoms with Crippen LogP contribution in [0.2, 0.25) is 0 Å². The summed E-state index contributed by atoms with van der Waals surface area (Å²) in [6, 6.07) is 10.5. The van der Waals surface area contributed by atoms with Gasteiger partial charge in [0.05, 0.1) is 16.6 Å². The number of Topliss-reactive ketones (excluding diaryl/α,β-unsaturated/α-hetero) is 1. The number of aromatic nitrogens is 1. The van der Waals surface area contributed by atoms with Crippen molar-refractivity contribution < 1.29 is 31.1 Å². The summed E-state index contributed by atoms with van der Waals surface area (Å²) >= 11 is 0. The molecule has 0 unspecified atom stereocenters. The van der Waals surface area contributed by atoms with E-state index in [9.17, 15) is 31.1 Å². The van der Waals surface area contributed by atoms with E-state index >= 15 is 0 Å². The summed E-state index contributed by atoms with van der Waals surface area (Å²) in [5.74, 6) is -2.20. The third kappa shape index (κ3) is 3.08. The highest BCUT2D eigenvalue weighted by Crippen LogP contribution is 2.42. The van der Waals surface area contributed by atoms with Gasteiger partial charge >= 0.3 is 12.4 Å². The number of alkyl halides is 6. The van der Waals surface area contributed by atoms with Gasteiger partial charge in [-0.2, -0.15) is 26.3 Å². The lowest BCUT2D eigenvalue weighted by atomic mass is 9.93. The molecule has 0 N–H and O–H groups in total. The summed E-state index contributed by atoms with van der Waals surface area (Å²) in [4.78, 5) is 16.3.